The highest BCUT2D eigenvalue weighted by atomic mass is 79.9. The number of hydrogen-bond donors (Lipinski definition) is 0. The first kappa shape index (κ1) is 12.0. The van der Waals surface area contributed by atoms with Gasteiger partial charge in [0.15, 0.2) is 0 Å². The van der Waals surface area contributed by atoms with Crippen LogP contribution in [0, 0.1) is 0 Å². The summed E-state index contributed by atoms with van der Waals surface area (Å²) in [5.74, 6) is -4.43. The minimum atomic E-state index is -4.19. The van der Waals surface area contributed by atoms with Crippen LogP contribution in [0.4, 0.5) is 13.2 Å². The highest BCUT2D eigenvalue weighted by Crippen LogP contribution is 2.37. The zero-order valence-electron chi connectivity index (χ0n) is 7.56. The van der Waals surface area contributed by atoms with Gasteiger partial charge in [-0.1, -0.05) is 15.9 Å². The number of alkyl halides is 2. The van der Waals surface area contributed by atoms with Crippen molar-refractivity contribution in [1.29, 1.82) is 0 Å². The van der Waals surface area contributed by atoms with Crippen LogP contribution in [0.3, 0.4) is 0 Å². The maximum Gasteiger partial charge on any atom is 0.375 e. The van der Waals surface area contributed by atoms with E-state index in [1.165, 1.54) is 12.1 Å². The lowest BCUT2D eigenvalue weighted by Gasteiger charge is -2.14. The Morgan fingerprint density at radius 1 is 1.47 bits per heavy atom. The molecule has 0 bridgehead atoms. The van der Waals surface area contributed by atoms with Crippen molar-refractivity contribution in [2.45, 2.75) is 5.92 Å². The van der Waals surface area contributed by atoms with Crippen LogP contribution < -0.4 is 4.74 Å². The number of ether oxygens (including phenoxy) is 1. The number of benzene rings is 1. The summed E-state index contributed by atoms with van der Waals surface area (Å²) in [5, 5.41) is 0. The van der Waals surface area contributed by atoms with Gasteiger partial charge in [-0.2, -0.15) is 13.2 Å². The lowest BCUT2D eigenvalue weighted by atomic mass is 10.1. The second kappa shape index (κ2) is 4.22. The third kappa shape index (κ3) is 2.31. The highest BCUT2D eigenvalue weighted by molar-refractivity contribution is 9.10. The lowest BCUT2D eigenvalue weighted by Crippen LogP contribution is -2.22. The Bertz CT molecular complexity index is 393. The third-order valence-electron chi connectivity index (χ3n) is 1.75. The van der Waals surface area contributed by atoms with Gasteiger partial charge in [-0.05, 0) is 18.2 Å². The minimum absolute atomic E-state index is 0.241. The molecule has 0 N–H and O–H groups in total. The van der Waals surface area contributed by atoms with Crippen LogP contribution in [0.2, 0.25) is 0 Å². The van der Waals surface area contributed by atoms with Crippen molar-refractivity contribution in [1.82, 2.24) is 0 Å². The second-order valence-electron chi connectivity index (χ2n) is 2.69. The van der Waals surface area contributed by atoms with Crippen molar-refractivity contribution >= 4 is 22.0 Å². The summed E-state index contributed by atoms with van der Waals surface area (Å²) in [6.45, 7) is 0. The Morgan fingerprint density at radius 3 is 2.53 bits per heavy atom. The van der Waals surface area contributed by atoms with Crippen molar-refractivity contribution in [3.05, 3.63) is 28.2 Å². The summed E-state index contributed by atoms with van der Waals surface area (Å²) in [4.78, 5) is 10.2. The van der Waals surface area contributed by atoms with E-state index >= 15 is 0 Å². The molecule has 2 nitrogen and oxygen atoms in total. The maximum atomic E-state index is 13.1. The van der Waals surface area contributed by atoms with E-state index in [4.69, 9.17) is 0 Å². The van der Waals surface area contributed by atoms with Crippen LogP contribution in [0.15, 0.2) is 22.7 Å². The van der Waals surface area contributed by atoms with E-state index < -0.39 is 17.5 Å². The van der Waals surface area contributed by atoms with Crippen molar-refractivity contribution in [3.63, 3.8) is 0 Å². The molecule has 6 heteroatoms. The third-order valence-corrected chi connectivity index (χ3v) is 2.24. The molecule has 1 aromatic carbocycles. The van der Waals surface area contributed by atoms with E-state index in [1.54, 1.807) is 0 Å². The van der Waals surface area contributed by atoms with E-state index in [9.17, 15) is 18.0 Å². The van der Waals surface area contributed by atoms with Gasteiger partial charge in [-0.15, -0.1) is 0 Å². The molecule has 1 rings (SSSR count). The van der Waals surface area contributed by atoms with Gasteiger partial charge in [-0.25, -0.2) is 0 Å². The molecule has 15 heavy (non-hydrogen) atoms. The molecule has 0 heterocycles. The van der Waals surface area contributed by atoms with Crippen LogP contribution in [0.5, 0.6) is 5.75 Å². The van der Waals surface area contributed by atoms with Crippen LogP contribution in [-0.4, -0.2) is 13.1 Å². The molecule has 0 aromatic heterocycles. The number of carbonyl (C=O) groups excluding carboxylic acids is 1. The second-order valence-corrected chi connectivity index (χ2v) is 3.61. The predicted molar refractivity (Wildman–Crippen MR) is 50.7 cm³/mol. The molecule has 0 aliphatic heterocycles. The van der Waals surface area contributed by atoms with Gasteiger partial charge in [0.1, 0.15) is 5.75 Å². The van der Waals surface area contributed by atoms with Gasteiger partial charge >= 0.3 is 12.0 Å². The van der Waals surface area contributed by atoms with Gasteiger partial charge in [0.2, 0.25) is 0 Å². The quantitative estimate of drug-likeness (QED) is 0.797. The summed E-state index contributed by atoms with van der Waals surface area (Å²) < 4.78 is 43.2. The zero-order chi connectivity index (χ0) is 11.6. The summed E-state index contributed by atoms with van der Waals surface area (Å²) >= 11 is 2.94. The molecule has 82 valence electrons. The molecule has 0 aliphatic rings. The van der Waals surface area contributed by atoms with E-state index in [0.717, 1.165) is 13.2 Å². The normalized spacial score (nSPS) is 11.3. The Labute approximate surface area is 92.2 Å². The van der Waals surface area contributed by atoms with Gasteiger partial charge < -0.3 is 4.74 Å². The molecular formula is C9H6BrF3O2. The van der Waals surface area contributed by atoms with Crippen LogP contribution in [0.1, 0.15) is 5.56 Å². The summed E-state index contributed by atoms with van der Waals surface area (Å²) in [6, 6.07) is 0.896. The number of hydrogen-bond acceptors (Lipinski definition) is 2. The fourth-order valence-electron chi connectivity index (χ4n) is 1.03. The summed E-state index contributed by atoms with van der Waals surface area (Å²) in [6.07, 6.45) is 0. The molecule has 1 aromatic rings. The monoisotopic (exact) mass is 282 g/mol. The number of carbonyl (C=O) groups is 1. The molecule has 0 aliphatic carbocycles. The van der Waals surface area contributed by atoms with Crippen molar-refractivity contribution < 1.29 is 22.7 Å². The number of methoxy groups -OCH3 is 1. The van der Waals surface area contributed by atoms with Crippen LogP contribution >= 0.6 is 15.9 Å². The minimum Gasteiger partial charge on any atom is -0.496 e. The van der Waals surface area contributed by atoms with E-state index in [-0.39, 0.29) is 5.75 Å². The topological polar surface area (TPSA) is 26.3 Å². The van der Waals surface area contributed by atoms with E-state index in [2.05, 4.69) is 20.7 Å². The van der Waals surface area contributed by atoms with Crippen LogP contribution in [0.25, 0.3) is 0 Å². The number of rotatable bonds is 3. The maximum absolute atomic E-state index is 13.1. The van der Waals surface area contributed by atoms with E-state index in [1.807, 2.05) is 0 Å². The smallest absolute Gasteiger partial charge is 0.375 e. The zero-order valence-corrected chi connectivity index (χ0v) is 9.15. The Hall–Kier alpha value is -1.04. The predicted octanol–water partition coefficient (Wildman–Crippen LogP) is 3.05. The Morgan fingerprint density at radius 2 is 2.07 bits per heavy atom. The summed E-state index contributed by atoms with van der Waals surface area (Å²) in [7, 11) is 1.16. The average Bonchev–Trinajstić information content (AvgIpc) is 2.17. The Kier molecular flexibility index (Phi) is 3.38. The van der Waals surface area contributed by atoms with Crippen molar-refractivity contribution in [3.8, 4) is 5.75 Å². The Balaban J connectivity index is 3.34. The summed E-state index contributed by atoms with van der Waals surface area (Å²) in [5.41, 5.74) is -0.799. The fourth-order valence-corrected chi connectivity index (χ4v) is 1.39. The van der Waals surface area contributed by atoms with Gasteiger partial charge in [0, 0.05) is 4.47 Å². The van der Waals surface area contributed by atoms with Crippen molar-refractivity contribution in [2.75, 3.05) is 7.11 Å². The fraction of sp³-hybridized carbons (Fsp3) is 0.222. The first-order chi connectivity index (χ1) is 6.89. The molecule has 0 saturated heterocycles. The lowest BCUT2D eigenvalue weighted by molar-refractivity contribution is -0.157. The molecule has 0 fully saturated rings. The molecule has 0 saturated carbocycles. The van der Waals surface area contributed by atoms with Crippen molar-refractivity contribution in [2.24, 2.45) is 0 Å². The van der Waals surface area contributed by atoms with Crippen LogP contribution in [-0.2, 0) is 10.7 Å². The largest absolute Gasteiger partial charge is 0.496 e. The first-order valence-corrected chi connectivity index (χ1v) is 4.60. The molecular weight excluding hydrogens is 277 g/mol. The van der Waals surface area contributed by atoms with Gasteiger partial charge in [0.25, 0.3) is 0 Å². The average molecular weight is 283 g/mol. The molecule has 0 amide bonds. The van der Waals surface area contributed by atoms with Gasteiger partial charge in [0.05, 0.1) is 12.7 Å². The molecule has 0 radical (unpaired) electrons. The standard InChI is InChI=1S/C9H6BrF3O2/c1-15-7-3-2-5(10)4-6(7)9(12,13)8(11)14/h2-4H,1H3. The van der Waals surface area contributed by atoms with E-state index in [0.29, 0.717) is 4.47 Å². The number of halogens is 4. The van der Waals surface area contributed by atoms with Gasteiger partial charge in [-0.3, -0.25) is 4.79 Å². The molecule has 0 spiro atoms. The first-order valence-electron chi connectivity index (χ1n) is 3.81. The molecule has 0 atom stereocenters. The highest BCUT2D eigenvalue weighted by Gasteiger charge is 2.44. The SMILES string of the molecule is COc1ccc(Br)cc1C(F)(F)C(=O)F. The molecule has 0 unspecified atom stereocenters.